The lowest BCUT2D eigenvalue weighted by Crippen LogP contribution is -2.41. The van der Waals surface area contributed by atoms with Gasteiger partial charge in [-0.15, -0.1) is 0 Å². The lowest BCUT2D eigenvalue weighted by atomic mass is 10.0. The summed E-state index contributed by atoms with van der Waals surface area (Å²) in [5, 5.41) is -0.784. The Bertz CT molecular complexity index is 759. The Labute approximate surface area is 132 Å². The molecule has 2 atom stereocenters. The maximum Gasteiger partial charge on any atom is 0.186 e. The SMILES string of the molecule is NC1c2ccccc2OCC1S(=O)(=O)c1ccc(Br)cc1. The summed E-state index contributed by atoms with van der Waals surface area (Å²) >= 11 is 3.30. The molecule has 0 aromatic heterocycles. The molecule has 1 heterocycles. The molecule has 0 bridgehead atoms. The van der Waals surface area contributed by atoms with E-state index < -0.39 is 21.1 Å². The first-order chi connectivity index (χ1) is 10.00. The van der Waals surface area contributed by atoms with E-state index in [1.807, 2.05) is 18.2 Å². The molecule has 1 aliphatic heterocycles. The van der Waals surface area contributed by atoms with Crippen LogP contribution in [0, 0.1) is 0 Å². The Balaban J connectivity index is 1.99. The van der Waals surface area contributed by atoms with Gasteiger partial charge in [0.25, 0.3) is 0 Å². The van der Waals surface area contributed by atoms with Gasteiger partial charge in [-0.05, 0) is 30.3 Å². The number of hydrogen-bond acceptors (Lipinski definition) is 4. The molecule has 0 amide bonds. The van der Waals surface area contributed by atoms with Crippen molar-refractivity contribution < 1.29 is 13.2 Å². The van der Waals surface area contributed by atoms with Crippen LogP contribution >= 0.6 is 15.9 Å². The van der Waals surface area contributed by atoms with Crippen LogP contribution in [-0.2, 0) is 9.84 Å². The fourth-order valence-corrected chi connectivity index (χ4v) is 4.35. The van der Waals surface area contributed by atoms with E-state index in [0.717, 1.165) is 10.0 Å². The molecule has 6 heteroatoms. The van der Waals surface area contributed by atoms with Gasteiger partial charge in [-0.25, -0.2) is 8.42 Å². The molecule has 4 nitrogen and oxygen atoms in total. The summed E-state index contributed by atoms with van der Waals surface area (Å²) in [6.45, 7) is 0.0660. The van der Waals surface area contributed by atoms with Crippen LogP contribution in [0.1, 0.15) is 11.6 Å². The minimum atomic E-state index is -3.54. The molecule has 0 radical (unpaired) electrons. The second kappa shape index (κ2) is 5.44. The van der Waals surface area contributed by atoms with Gasteiger partial charge in [0.1, 0.15) is 17.6 Å². The second-order valence-corrected chi connectivity index (χ2v) is 7.99. The van der Waals surface area contributed by atoms with Crippen molar-refractivity contribution in [1.29, 1.82) is 0 Å². The van der Waals surface area contributed by atoms with Gasteiger partial charge >= 0.3 is 0 Å². The minimum absolute atomic E-state index is 0.0660. The molecule has 1 aliphatic rings. The molecule has 2 aromatic rings. The number of rotatable bonds is 2. The van der Waals surface area contributed by atoms with Gasteiger partial charge in [-0.3, -0.25) is 0 Å². The summed E-state index contributed by atoms with van der Waals surface area (Å²) in [7, 11) is -3.54. The lowest BCUT2D eigenvalue weighted by molar-refractivity contribution is 0.270. The Morgan fingerprint density at radius 2 is 1.76 bits per heavy atom. The third kappa shape index (κ3) is 2.59. The highest BCUT2D eigenvalue weighted by Gasteiger charge is 2.38. The number of nitrogens with two attached hydrogens (primary N) is 1. The Morgan fingerprint density at radius 3 is 2.48 bits per heavy atom. The number of benzene rings is 2. The minimum Gasteiger partial charge on any atom is -0.492 e. The van der Waals surface area contributed by atoms with Crippen molar-refractivity contribution in [3.05, 3.63) is 58.6 Å². The highest BCUT2D eigenvalue weighted by molar-refractivity contribution is 9.10. The highest BCUT2D eigenvalue weighted by atomic mass is 79.9. The third-order valence-corrected chi connectivity index (χ3v) is 6.31. The van der Waals surface area contributed by atoms with Gasteiger partial charge in [-0.1, -0.05) is 34.1 Å². The van der Waals surface area contributed by atoms with Gasteiger partial charge < -0.3 is 10.5 Å². The average Bonchev–Trinajstić information content (AvgIpc) is 2.48. The van der Waals surface area contributed by atoms with Gasteiger partial charge in [0.2, 0.25) is 0 Å². The summed E-state index contributed by atoms with van der Waals surface area (Å²) in [5.74, 6) is 0.659. The molecule has 0 saturated heterocycles. The zero-order chi connectivity index (χ0) is 15.0. The first kappa shape index (κ1) is 14.6. The van der Waals surface area contributed by atoms with Gasteiger partial charge in [-0.2, -0.15) is 0 Å². The predicted molar refractivity (Wildman–Crippen MR) is 84.0 cm³/mol. The van der Waals surface area contributed by atoms with Crippen molar-refractivity contribution >= 4 is 25.8 Å². The summed E-state index contributed by atoms with van der Waals surface area (Å²) in [5.41, 5.74) is 6.91. The number of ether oxygens (including phenoxy) is 1. The molecule has 0 saturated carbocycles. The quantitative estimate of drug-likeness (QED) is 0.885. The van der Waals surface area contributed by atoms with Crippen molar-refractivity contribution in [2.75, 3.05) is 6.61 Å². The lowest BCUT2D eigenvalue weighted by Gasteiger charge is -2.30. The van der Waals surface area contributed by atoms with Crippen molar-refractivity contribution in [2.45, 2.75) is 16.2 Å². The first-order valence-electron chi connectivity index (χ1n) is 6.47. The molecule has 3 rings (SSSR count). The van der Waals surface area contributed by atoms with Crippen LogP contribution in [0.2, 0.25) is 0 Å². The van der Waals surface area contributed by atoms with Crippen molar-refractivity contribution in [1.82, 2.24) is 0 Å². The molecular weight excluding hydrogens is 354 g/mol. The summed E-state index contributed by atoms with van der Waals surface area (Å²) in [6.07, 6.45) is 0. The number of halogens is 1. The molecular formula is C15H14BrNO3S. The van der Waals surface area contributed by atoms with E-state index in [4.69, 9.17) is 10.5 Å². The van der Waals surface area contributed by atoms with E-state index in [1.165, 1.54) is 0 Å². The van der Waals surface area contributed by atoms with Gasteiger partial charge in [0.05, 0.1) is 10.9 Å². The summed E-state index contributed by atoms with van der Waals surface area (Å²) in [6, 6.07) is 13.3. The highest BCUT2D eigenvalue weighted by Crippen LogP contribution is 2.35. The molecule has 0 fully saturated rings. The zero-order valence-corrected chi connectivity index (χ0v) is 13.5. The van der Waals surface area contributed by atoms with Crippen molar-refractivity contribution in [3.63, 3.8) is 0 Å². The maximum atomic E-state index is 12.7. The van der Waals surface area contributed by atoms with Crippen LogP contribution in [-0.4, -0.2) is 20.3 Å². The number of sulfone groups is 1. The van der Waals surface area contributed by atoms with Crippen LogP contribution in [0.15, 0.2) is 57.9 Å². The van der Waals surface area contributed by atoms with E-state index in [0.29, 0.717) is 5.75 Å². The predicted octanol–water partition coefficient (Wildman–Crippen LogP) is 2.68. The smallest absolute Gasteiger partial charge is 0.186 e. The van der Waals surface area contributed by atoms with Crippen molar-refractivity contribution in [3.8, 4) is 5.75 Å². The molecule has 2 N–H and O–H groups in total. The molecule has 0 spiro atoms. The average molecular weight is 368 g/mol. The molecule has 0 aliphatic carbocycles. The number of fused-ring (bicyclic) bond motifs is 1. The van der Waals surface area contributed by atoms with E-state index in [9.17, 15) is 8.42 Å². The zero-order valence-electron chi connectivity index (χ0n) is 11.1. The summed E-state index contributed by atoms with van der Waals surface area (Å²) < 4.78 is 31.9. The summed E-state index contributed by atoms with van der Waals surface area (Å²) in [4.78, 5) is 0.258. The van der Waals surface area contributed by atoms with Gasteiger partial charge in [0, 0.05) is 10.0 Å². The van der Waals surface area contributed by atoms with E-state index >= 15 is 0 Å². The molecule has 2 aromatic carbocycles. The topological polar surface area (TPSA) is 69.4 Å². The van der Waals surface area contributed by atoms with Crippen LogP contribution < -0.4 is 10.5 Å². The first-order valence-corrected chi connectivity index (χ1v) is 8.81. The van der Waals surface area contributed by atoms with Crippen LogP contribution in [0.5, 0.6) is 5.75 Å². The second-order valence-electron chi connectivity index (χ2n) is 4.91. The Kier molecular flexibility index (Phi) is 3.77. The number of para-hydroxylation sites is 1. The number of hydrogen-bond donors (Lipinski definition) is 1. The van der Waals surface area contributed by atoms with E-state index in [2.05, 4.69) is 15.9 Å². The molecule has 2 unspecified atom stereocenters. The maximum absolute atomic E-state index is 12.7. The van der Waals surface area contributed by atoms with Crippen LogP contribution in [0.3, 0.4) is 0 Å². The van der Waals surface area contributed by atoms with E-state index in [-0.39, 0.29) is 11.5 Å². The molecule has 21 heavy (non-hydrogen) atoms. The van der Waals surface area contributed by atoms with Crippen LogP contribution in [0.25, 0.3) is 0 Å². The van der Waals surface area contributed by atoms with Crippen LogP contribution in [0.4, 0.5) is 0 Å². The fourth-order valence-electron chi connectivity index (χ4n) is 2.44. The monoisotopic (exact) mass is 367 g/mol. The van der Waals surface area contributed by atoms with Gasteiger partial charge in [0.15, 0.2) is 9.84 Å². The standard InChI is InChI=1S/C15H14BrNO3S/c16-10-5-7-11(8-6-10)21(18,19)14-9-20-13-4-2-1-3-12(13)15(14)17/h1-8,14-15H,9,17H2. The third-order valence-electron chi connectivity index (χ3n) is 3.62. The normalized spacial score (nSPS) is 21.4. The Morgan fingerprint density at radius 1 is 1.10 bits per heavy atom. The Hall–Kier alpha value is -1.37. The van der Waals surface area contributed by atoms with E-state index in [1.54, 1.807) is 30.3 Å². The van der Waals surface area contributed by atoms with Crippen molar-refractivity contribution in [2.24, 2.45) is 5.73 Å². The molecule has 110 valence electrons. The fraction of sp³-hybridized carbons (Fsp3) is 0.200. The largest absolute Gasteiger partial charge is 0.492 e.